The van der Waals surface area contributed by atoms with Gasteiger partial charge in [-0.3, -0.25) is 8.89 Å². The number of nitrogens with zero attached hydrogens (tertiary/aromatic N) is 2. The Morgan fingerprint density at radius 3 is 2.74 bits per heavy atom. The van der Waals surface area contributed by atoms with Crippen LogP contribution in [0.25, 0.3) is 0 Å². The number of benzene rings is 1. The largest absolute Gasteiger partial charge is 0.398 e. The zero-order valence-electron chi connectivity index (χ0n) is 10.9. The van der Waals surface area contributed by atoms with Gasteiger partial charge in [-0.25, -0.2) is 4.39 Å². The molecule has 0 aliphatic heterocycles. The van der Waals surface area contributed by atoms with Crippen LogP contribution < -0.4 is 5.73 Å². The lowest BCUT2D eigenvalue weighted by Crippen LogP contribution is -2.05. The Balaban J connectivity index is 2.23. The van der Waals surface area contributed by atoms with Gasteiger partial charge in [0.05, 0.1) is 38.5 Å². The fraction of sp³-hybridized carbons (Fsp3) is 0.308. The van der Waals surface area contributed by atoms with E-state index in [9.17, 15) is 8.60 Å². The van der Waals surface area contributed by atoms with Crippen LogP contribution in [-0.2, 0) is 30.0 Å². The lowest BCUT2D eigenvalue weighted by Gasteiger charge is -2.06. The van der Waals surface area contributed by atoms with Gasteiger partial charge in [-0.15, -0.1) is 0 Å². The lowest BCUT2D eigenvalue weighted by atomic mass is 10.3. The highest BCUT2D eigenvalue weighted by Crippen LogP contribution is 2.20. The second-order valence-corrected chi connectivity index (χ2v) is 5.70. The van der Waals surface area contributed by atoms with E-state index in [4.69, 9.17) is 5.73 Å². The molecule has 0 radical (unpaired) electrons. The number of nitrogens with two attached hydrogens (primary N) is 1. The van der Waals surface area contributed by atoms with E-state index in [1.807, 2.05) is 20.0 Å². The van der Waals surface area contributed by atoms with Crippen molar-refractivity contribution >= 4 is 16.5 Å². The van der Waals surface area contributed by atoms with Crippen molar-refractivity contribution in [3.8, 4) is 0 Å². The second-order valence-electron chi connectivity index (χ2n) is 4.28. The topological polar surface area (TPSA) is 60.9 Å². The van der Waals surface area contributed by atoms with Gasteiger partial charge in [0.2, 0.25) is 0 Å². The highest BCUT2D eigenvalue weighted by atomic mass is 32.2. The number of hydrogen-bond acceptors (Lipinski definition) is 3. The van der Waals surface area contributed by atoms with Crippen LogP contribution >= 0.6 is 0 Å². The van der Waals surface area contributed by atoms with Gasteiger partial charge in [-0.2, -0.15) is 5.10 Å². The molecule has 1 aromatic carbocycles. The molecule has 0 fully saturated rings. The smallest absolute Gasteiger partial charge is 0.125 e. The lowest BCUT2D eigenvalue weighted by molar-refractivity contribution is 0.627. The standard InChI is InChI=1S/C13H16FN3OS/c1-3-10-7-11(17(2)16-10)8-19(18)13-5-4-9(14)6-12(13)15/h4-7H,3,8,15H2,1-2H3. The molecule has 2 aromatic rings. The normalized spacial score (nSPS) is 12.6. The molecule has 19 heavy (non-hydrogen) atoms. The van der Waals surface area contributed by atoms with Gasteiger partial charge in [-0.1, -0.05) is 6.92 Å². The van der Waals surface area contributed by atoms with E-state index in [-0.39, 0.29) is 5.69 Å². The molecule has 0 aliphatic carbocycles. The summed E-state index contributed by atoms with van der Waals surface area (Å²) in [6, 6.07) is 5.85. The van der Waals surface area contributed by atoms with Crippen molar-refractivity contribution in [3.63, 3.8) is 0 Å². The molecule has 1 aromatic heterocycles. The van der Waals surface area contributed by atoms with Crippen molar-refractivity contribution in [1.82, 2.24) is 9.78 Å². The summed E-state index contributed by atoms with van der Waals surface area (Å²) in [5.74, 6) is -0.105. The first kappa shape index (κ1) is 13.7. The summed E-state index contributed by atoms with van der Waals surface area (Å²) in [5, 5.41) is 4.30. The average molecular weight is 281 g/mol. The Labute approximate surface area is 113 Å². The first-order valence-electron chi connectivity index (χ1n) is 5.96. The summed E-state index contributed by atoms with van der Waals surface area (Å²) in [6.45, 7) is 2.01. The third kappa shape index (κ3) is 3.01. The number of aryl methyl sites for hydroxylation is 2. The molecular formula is C13H16FN3OS. The van der Waals surface area contributed by atoms with Crippen LogP contribution in [0.1, 0.15) is 18.3 Å². The molecule has 4 nitrogen and oxygen atoms in total. The fourth-order valence-corrected chi connectivity index (χ4v) is 3.05. The van der Waals surface area contributed by atoms with E-state index in [1.165, 1.54) is 18.2 Å². The van der Waals surface area contributed by atoms with Crippen molar-refractivity contribution in [2.45, 2.75) is 24.0 Å². The number of nitrogen functional groups attached to an aromatic ring is 1. The number of aromatic nitrogens is 2. The maximum absolute atomic E-state index is 13.0. The zero-order valence-corrected chi connectivity index (χ0v) is 11.7. The monoisotopic (exact) mass is 281 g/mol. The van der Waals surface area contributed by atoms with Crippen LogP contribution in [0, 0.1) is 5.82 Å². The van der Waals surface area contributed by atoms with Crippen LogP contribution in [0.2, 0.25) is 0 Å². The minimum atomic E-state index is -1.31. The predicted octanol–water partition coefficient (Wildman–Crippen LogP) is 2.01. The molecule has 0 spiro atoms. The molecule has 102 valence electrons. The van der Waals surface area contributed by atoms with Crippen LogP contribution in [0.4, 0.5) is 10.1 Å². The summed E-state index contributed by atoms with van der Waals surface area (Å²) >= 11 is 0. The highest BCUT2D eigenvalue weighted by molar-refractivity contribution is 7.84. The molecule has 1 unspecified atom stereocenters. The van der Waals surface area contributed by atoms with Crippen molar-refractivity contribution < 1.29 is 8.60 Å². The minimum Gasteiger partial charge on any atom is -0.398 e. The van der Waals surface area contributed by atoms with Gasteiger partial charge in [-0.05, 0) is 30.7 Å². The third-order valence-electron chi connectivity index (χ3n) is 2.89. The van der Waals surface area contributed by atoms with E-state index in [1.54, 1.807) is 4.68 Å². The number of halogens is 1. The summed E-state index contributed by atoms with van der Waals surface area (Å²) in [7, 11) is 0.514. The minimum absolute atomic E-state index is 0.219. The van der Waals surface area contributed by atoms with Crippen molar-refractivity contribution in [2.75, 3.05) is 5.73 Å². The number of rotatable bonds is 4. The van der Waals surface area contributed by atoms with Crippen LogP contribution in [0.15, 0.2) is 29.2 Å². The number of hydrogen-bond donors (Lipinski definition) is 1. The molecule has 1 heterocycles. The second kappa shape index (κ2) is 5.52. The Kier molecular flexibility index (Phi) is 3.99. The van der Waals surface area contributed by atoms with Gasteiger partial charge >= 0.3 is 0 Å². The summed E-state index contributed by atoms with van der Waals surface area (Å²) in [5.41, 5.74) is 7.74. The van der Waals surface area contributed by atoms with Gasteiger partial charge in [0.15, 0.2) is 0 Å². The summed E-state index contributed by atoms with van der Waals surface area (Å²) in [6.07, 6.45) is 0.833. The average Bonchev–Trinajstić information content (AvgIpc) is 2.70. The Bertz CT molecular complexity index is 624. The van der Waals surface area contributed by atoms with E-state index >= 15 is 0 Å². The van der Waals surface area contributed by atoms with Crippen molar-refractivity contribution in [3.05, 3.63) is 41.5 Å². The van der Waals surface area contributed by atoms with E-state index < -0.39 is 16.6 Å². The molecule has 2 rings (SSSR count). The molecule has 1 atom stereocenters. The first-order valence-corrected chi connectivity index (χ1v) is 7.28. The maximum atomic E-state index is 13.0. The van der Waals surface area contributed by atoms with Crippen molar-refractivity contribution in [2.24, 2.45) is 7.05 Å². The predicted molar refractivity (Wildman–Crippen MR) is 73.5 cm³/mol. The molecule has 0 bridgehead atoms. The van der Waals surface area contributed by atoms with E-state index in [2.05, 4.69) is 5.10 Å². The summed E-state index contributed by atoms with van der Waals surface area (Å²) in [4.78, 5) is 0.459. The third-order valence-corrected chi connectivity index (χ3v) is 4.31. The zero-order chi connectivity index (χ0) is 14.0. The maximum Gasteiger partial charge on any atom is 0.125 e. The first-order chi connectivity index (χ1) is 9.01. The van der Waals surface area contributed by atoms with Gasteiger partial charge in [0, 0.05) is 7.05 Å². The Hall–Kier alpha value is -1.69. The Morgan fingerprint density at radius 2 is 2.16 bits per heavy atom. The summed E-state index contributed by atoms with van der Waals surface area (Å²) < 4.78 is 26.9. The fourth-order valence-electron chi connectivity index (χ4n) is 1.82. The molecule has 0 saturated carbocycles. The van der Waals surface area contributed by atoms with Gasteiger partial charge in [0.25, 0.3) is 0 Å². The molecule has 0 amide bonds. The highest BCUT2D eigenvalue weighted by Gasteiger charge is 2.13. The SMILES string of the molecule is CCc1cc(CS(=O)c2ccc(F)cc2N)n(C)n1. The Morgan fingerprint density at radius 1 is 1.42 bits per heavy atom. The molecule has 0 aliphatic rings. The van der Waals surface area contributed by atoms with Gasteiger partial charge in [0.1, 0.15) is 5.82 Å². The molecule has 6 heteroatoms. The van der Waals surface area contributed by atoms with E-state index in [0.717, 1.165) is 17.8 Å². The van der Waals surface area contributed by atoms with Gasteiger partial charge < -0.3 is 5.73 Å². The molecule has 2 N–H and O–H groups in total. The van der Waals surface area contributed by atoms with Crippen LogP contribution in [0.5, 0.6) is 0 Å². The molecular weight excluding hydrogens is 265 g/mol. The molecule has 0 saturated heterocycles. The van der Waals surface area contributed by atoms with Crippen molar-refractivity contribution in [1.29, 1.82) is 0 Å². The van der Waals surface area contributed by atoms with E-state index in [0.29, 0.717) is 10.6 Å². The van der Waals surface area contributed by atoms with Crippen LogP contribution in [-0.4, -0.2) is 14.0 Å². The van der Waals surface area contributed by atoms with Crippen LogP contribution in [0.3, 0.4) is 0 Å². The number of anilines is 1. The quantitative estimate of drug-likeness (QED) is 0.872.